The second-order valence-electron chi connectivity index (χ2n) is 7.91. The van der Waals surface area contributed by atoms with Crippen molar-refractivity contribution < 1.29 is 9.84 Å². The van der Waals surface area contributed by atoms with E-state index in [4.69, 9.17) is 4.74 Å². The van der Waals surface area contributed by atoms with Crippen LogP contribution in [0.5, 0.6) is 0 Å². The number of pyridine rings is 1. The van der Waals surface area contributed by atoms with Crippen LogP contribution >= 0.6 is 0 Å². The molecule has 2 aliphatic heterocycles. The van der Waals surface area contributed by atoms with E-state index in [9.17, 15) is 5.11 Å². The molecule has 2 saturated heterocycles. The number of hydrogen-bond acceptors (Lipinski definition) is 4. The summed E-state index contributed by atoms with van der Waals surface area (Å²) >= 11 is 0. The zero-order chi connectivity index (χ0) is 15.8. The van der Waals surface area contributed by atoms with Crippen LogP contribution in [0.2, 0.25) is 0 Å². The monoisotopic (exact) mass is 304 g/mol. The molecule has 0 amide bonds. The zero-order valence-electron chi connectivity index (χ0n) is 14.0. The third kappa shape index (κ3) is 3.34. The van der Waals surface area contributed by atoms with Crippen molar-refractivity contribution in [3.8, 4) is 0 Å². The fourth-order valence-electron chi connectivity index (χ4n) is 4.36. The lowest BCUT2D eigenvalue weighted by Gasteiger charge is -2.49. The zero-order valence-corrected chi connectivity index (χ0v) is 14.0. The van der Waals surface area contributed by atoms with Gasteiger partial charge >= 0.3 is 0 Å². The largest absolute Gasteiger partial charge is 0.387 e. The molecule has 22 heavy (non-hydrogen) atoms. The van der Waals surface area contributed by atoms with Crippen molar-refractivity contribution in [1.82, 2.24) is 9.88 Å². The fourth-order valence-corrected chi connectivity index (χ4v) is 4.36. The maximum Gasteiger partial charge on any atom is 0.0910 e. The molecule has 2 aliphatic rings. The summed E-state index contributed by atoms with van der Waals surface area (Å²) in [7, 11) is 0. The van der Waals surface area contributed by atoms with Gasteiger partial charge in [-0.25, -0.2) is 0 Å². The Bertz CT molecular complexity index is 484. The van der Waals surface area contributed by atoms with Crippen LogP contribution < -0.4 is 0 Å². The van der Waals surface area contributed by atoms with Crippen molar-refractivity contribution in [3.63, 3.8) is 0 Å². The third-order valence-corrected chi connectivity index (χ3v) is 4.97. The van der Waals surface area contributed by atoms with E-state index in [1.54, 1.807) is 6.20 Å². The van der Waals surface area contributed by atoms with E-state index in [1.807, 2.05) is 18.2 Å². The molecular weight excluding hydrogens is 276 g/mol. The molecule has 0 saturated carbocycles. The molecule has 0 aliphatic carbocycles. The molecule has 0 aromatic carbocycles. The molecule has 1 aromatic heterocycles. The first kappa shape index (κ1) is 15.9. The highest BCUT2D eigenvalue weighted by molar-refractivity contribution is 5.06. The fraction of sp³-hybridized carbons (Fsp3) is 0.722. The van der Waals surface area contributed by atoms with Crippen LogP contribution in [0.25, 0.3) is 0 Å². The summed E-state index contributed by atoms with van der Waals surface area (Å²) in [6.07, 6.45) is 5.82. The van der Waals surface area contributed by atoms with Crippen LogP contribution in [0.1, 0.15) is 52.1 Å². The molecule has 3 rings (SSSR count). The van der Waals surface area contributed by atoms with Crippen molar-refractivity contribution in [2.45, 2.75) is 76.3 Å². The van der Waals surface area contributed by atoms with Gasteiger partial charge in [0, 0.05) is 23.8 Å². The van der Waals surface area contributed by atoms with Crippen LogP contribution in [0.3, 0.4) is 0 Å². The molecule has 1 N–H and O–H groups in total. The van der Waals surface area contributed by atoms with Crippen LogP contribution in [-0.2, 0) is 11.3 Å². The lowest BCUT2D eigenvalue weighted by atomic mass is 9.84. The van der Waals surface area contributed by atoms with E-state index < -0.39 is 5.60 Å². The minimum atomic E-state index is -0.678. The van der Waals surface area contributed by atoms with Crippen LogP contribution in [0.15, 0.2) is 24.4 Å². The molecule has 1 aromatic rings. The number of aromatic nitrogens is 1. The Balaban J connectivity index is 1.57. The van der Waals surface area contributed by atoms with Gasteiger partial charge in [-0.05, 0) is 58.6 Å². The Morgan fingerprint density at radius 3 is 2.50 bits per heavy atom. The third-order valence-electron chi connectivity index (χ3n) is 4.97. The van der Waals surface area contributed by atoms with Gasteiger partial charge in [-0.2, -0.15) is 0 Å². The number of rotatable bonds is 4. The first-order valence-electron chi connectivity index (χ1n) is 8.36. The molecule has 2 unspecified atom stereocenters. The van der Waals surface area contributed by atoms with E-state index in [1.165, 1.54) is 12.8 Å². The van der Waals surface area contributed by atoms with Crippen LogP contribution in [0, 0.1) is 0 Å². The van der Waals surface area contributed by atoms with Gasteiger partial charge in [0.05, 0.1) is 24.5 Å². The maximum atomic E-state index is 10.9. The lowest BCUT2D eigenvalue weighted by Crippen LogP contribution is -2.58. The minimum Gasteiger partial charge on any atom is -0.387 e. The molecule has 2 fully saturated rings. The van der Waals surface area contributed by atoms with Crippen molar-refractivity contribution in [1.29, 1.82) is 0 Å². The van der Waals surface area contributed by atoms with E-state index in [2.05, 4.69) is 30.7 Å². The second-order valence-corrected chi connectivity index (χ2v) is 7.91. The summed E-state index contributed by atoms with van der Waals surface area (Å²) < 4.78 is 5.78. The molecule has 122 valence electrons. The van der Waals surface area contributed by atoms with E-state index >= 15 is 0 Å². The molecule has 4 heteroatoms. The average Bonchev–Trinajstić information content (AvgIpc) is 2.74. The number of ether oxygens (including phenoxy) is 1. The smallest absolute Gasteiger partial charge is 0.0910 e. The van der Waals surface area contributed by atoms with E-state index in [0.29, 0.717) is 25.3 Å². The van der Waals surface area contributed by atoms with Gasteiger partial charge in [0.2, 0.25) is 0 Å². The number of piperidine rings is 1. The Morgan fingerprint density at radius 1 is 1.27 bits per heavy atom. The summed E-state index contributed by atoms with van der Waals surface area (Å²) in [6, 6.07) is 6.79. The molecule has 3 heterocycles. The summed E-state index contributed by atoms with van der Waals surface area (Å²) in [5, 5.41) is 10.9. The Hall–Kier alpha value is -0.970. The van der Waals surface area contributed by atoms with Gasteiger partial charge in [-0.3, -0.25) is 9.88 Å². The standard InChI is InChI=1S/C18H28N2O2/c1-17(2,3)20-15-7-8-16(20)11-18(21,10-15)13-22-12-14-6-4-5-9-19-14/h4-6,9,15-16,21H,7-8,10-13H2,1-3H3/t15-,16?,18?/m1/s1. The van der Waals surface area contributed by atoms with Crippen molar-refractivity contribution in [2.75, 3.05) is 6.61 Å². The molecular formula is C18H28N2O2. The summed E-state index contributed by atoms with van der Waals surface area (Å²) in [5.41, 5.74) is 0.422. The normalized spacial score (nSPS) is 32.4. The average molecular weight is 304 g/mol. The Morgan fingerprint density at radius 2 is 1.95 bits per heavy atom. The quantitative estimate of drug-likeness (QED) is 0.929. The highest BCUT2D eigenvalue weighted by atomic mass is 16.5. The van der Waals surface area contributed by atoms with Gasteiger partial charge in [-0.1, -0.05) is 6.07 Å². The van der Waals surface area contributed by atoms with Crippen LogP contribution in [0.4, 0.5) is 0 Å². The van der Waals surface area contributed by atoms with Gasteiger partial charge in [-0.15, -0.1) is 0 Å². The van der Waals surface area contributed by atoms with Crippen molar-refractivity contribution in [3.05, 3.63) is 30.1 Å². The molecule has 0 radical (unpaired) electrons. The number of aliphatic hydroxyl groups is 1. The summed E-state index contributed by atoms with van der Waals surface area (Å²) in [5.74, 6) is 0. The van der Waals surface area contributed by atoms with Gasteiger partial charge in [0.15, 0.2) is 0 Å². The maximum absolute atomic E-state index is 10.9. The minimum absolute atomic E-state index is 0.183. The lowest BCUT2D eigenvalue weighted by molar-refractivity contribution is -0.119. The van der Waals surface area contributed by atoms with Gasteiger partial charge < -0.3 is 9.84 Å². The number of nitrogens with zero attached hydrogens (tertiary/aromatic N) is 2. The topological polar surface area (TPSA) is 45.6 Å². The second kappa shape index (κ2) is 5.91. The summed E-state index contributed by atoms with van der Waals surface area (Å²) in [6.45, 7) is 7.72. The van der Waals surface area contributed by atoms with Crippen molar-refractivity contribution in [2.24, 2.45) is 0 Å². The SMILES string of the molecule is CC(C)(C)N1C2CC[C@@H]1CC(O)(COCc1ccccn1)C2. The highest BCUT2D eigenvalue weighted by Gasteiger charge is 2.50. The predicted octanol–water partition coefficient (Wildman–Crippen LogP) is 2.75. The molecule has 0 spiro atoms. The summed E-state index contributed by atoms with van der Waals surface area (Å²) in [4.78, 5) is 6.87. The molecule has 4 nitrogen and oxygen atoms in total. The number of hydrogen-bond donors (Lipinski definition) is 1. The molecule has 3 atom stereocenters. The Labute approximate surface area is 133 Å². The predicted molar refractivity (Wildman–Crippen MR) is 86.5 cm³/mol. The Kier molecular flexibility index (Phi) is 4.27. The number of fused-ring (bicyclic) bond motifs is 2. The highest BCUT2D eigenvalue weighted by Crippen LogP contribution is 2.44. The first-order valence-corrected chi connectivity index (χ1v) is 8.36. The first-order chi connectivity index (χ1) is 10.4. The molecule has 2 bridgehead atoms. The van der Waals surface area contributed by atoms with Crippen LogP contribution in [-0.4, -0.2) is 44.8 Å². The van der Waals surface area contributed by atoms with Gasteiger partial charge in [0.25, 0.3) is 0 Å². The van der Waals surface area contributed by atoms with E-state index in [0.717, 1.165) is 18.5 Å². The van der Waals surface area contributed by atoms with Crippen molar-refractivity contribution >= 4 is 0 Å². The van der Waals surface area contributed by atoms with Gasteiger partial charge in [0.1, 0.15) is 0 Å². The van der Waals surface area contributed by atoms with E-state index in [-0.39, 0.29) is 5.54 Å².